The largest absolute Gasteiger partial charge is 0.478 e. The topological polar surface area (TPSA) is 74.7 Å². The zero-order valence-electron chi connectivity index (χ0n) is 12.2. The van der Waals surface area contributed by atoms with E-state index in [1.54, 1.807) is 16.4 Å². The second-order valence-electron chi connectivity index (χ2n) is 5.56. The summed E-state index contributed by atoms with van der Waals surface area (Å²) >= 11 is 0. The molecule has 0 unspecified atom stereocenters. The van der Waals surface area contributed by atoms with Crippen molar-refractivity contribution in [3.05, 3.63) is 35.4 Å². The van der Waals surface area contributed by atoms with Gasteiger partial charge in [-0.1, -0.05) is 19.1 Å². The molecule has 0 saturated heterocycles. The molecule has 2 rings (SSSR count). The lowest BCUT2D eigenvalue weighted by atomic mass is 10.1. The Morgan fingerprint density at radius 3 is 2.38 bits per heavy atom. The van der Waals surface area contributed by atoms with Crippen molar-refractivity contribution in [2.75, 3.05) is 13.1 Å². The highest BCUT2D eigenvalue weighted by Gasteiger charge is 2.30. The number of sulfonamides is 1. The monoisotopic (exact) mass is 311 g/mol. The number of hydrogen-bond acceptors (Lipinski definition) is 3. The average molecular weight is 311 g/mol. The van der Waals surface area contributed by atoms with Crippen LogP contribution in [0.3, 0.4) is 0 Å². The van der Waals surface area contributed by atoms with Crippen LogP contribution in [-0.4, -0.2) is 36.9 Å². The van der Waals surface area contributed by atoms with E-state index in [0.717, 1.165) is 19.3 Å². The van der Waals surface area contributed by atoms with Crippen molar-refractivity contribution in [3.8, 4) is 0 Å². The molecule has 1 aliphatic carbocycles. The van der Waals surface area contributed by atoms with Crippen molar-refractivity contribution in [1.29, 1.82) is 0 Å². The van der Waals surface area contributed by atoms with Gasteiger partial charge in [0, 0.05) is 13.1 Å². The lowest BCUT2D eigenvalue weighted by molar-refractivity contribution is 0.0697. The van der Waals surface area contributed by atoms with E-state index in [-0.39, 0.29) is 11.3 Å². The fourth-order valence-electron chi connectivity index (χ4n) is 2.23. The summed E-state index contributed by atoms with van der Waals surface area (Å²) in [6.07, 6.45) is 3.02. The van der Waals surface area contributed by atoms with Crippen LogP contribution in [-0.2, 0) is 15.8 Å². The van der Waals surface area contributed by atoms with Crippen LogP contribution in [0.4, 0.5) is 0 Å². The van der Waals surface area contributed by atoms with Gasteiger partial charge in [-0.2, -0.15) is 0 Å². The first-order valence-electron chi connectivity index (χ1n) is 7.22. The molecule has 1 aromatic rings. The Balaban J connectivity index is 2.08. The Hall–Kier alpha value is -1.40. The molecule has 116 valence electrons. The molecule has 1 fully saturated rings. The van der Waals surface area contributed by atoms with Gasteiger partial charge in [0.2, 0.25) is 10.0 Å². The number of aromatic carboxylic acids is 1. The Kier molecular flexibility index (Phi) is 5.00. The molecule has 0 amide bonds. The lowest BCUT2D eigenvalue weighted by Gasteiger charge is -2.21. The van der Waals surface area contributed by atoms with E-state index in [1.807, 2.05) is 6.92 Å². The minimum atomic E-state index is -3.34. The minimum absolute atomic E-state index is 0.0698. The summed E-state index contributed by atoms with van der Waals surface area (Å²) in [7, 11) is -3.34. The summed E-state index contributed by atoms with van der Waals surface area (Å²) in [5.74, 6) is -0.564. The van der Waals surface area contributed by atoms with E-state index in [2.05, 4.69) is 0 Å². The summed E-state index contributed by atoms with van der Waals surface area (Å²) in [5.41, 5.74) is 0.788. The van der Waals surface area contributed by atoms with E-state index >= 15 is 0 Å². The van der Waals surface area contributed by atoms with Gasteiger partial charge in [-0.15, -0.1) is 0 Å². The van der Waals surface area contributed by atoms with Crippen LogP contribution in [0, 0.1) is 5.92 Å². The van der Waals surface area contributed by atoms with E-state index < -0.39 is 16.0 Å². The van der Waals surface area contributed by atoms with Crippen molar-refractivity contribution >= 4 is 16.0 Å². The van der Waals surface area contributed by atoms with Gasteiger partial charge in [0.25, 0.3) is 0 Å². The summed E-state index contributed by atoms with van der Waals surface area (Å²) in [4.78, 5) is 10.8. The first kappa shape index (κ1) is 16.0. The lowest BCUT2D eigenvalue weighted by Crippen LogP contribution is -2.34. The molecule has 21 heavy (non-hydrogen) atoms. The third-order valence-corrected chi connectivity index (χ3v) is 5.39. The van der Waals surface area contributed by atoms with Crippen LogP contribution in [0.2, 0.25) is 0 Å². The second kappa shape index (κ2) is 6.58. The molecule has 0 radical (unpaired) electrons. The normalized spacial score (nSPS) is 15.3. The van der Waals surface area contributed by atoms with Crippen LogP contribution in [0.1, 0.15) is 42.1 Å². The number of benzene rings is 1. The van der Waals surface area contributed by atoms with Gasteiger partial charge >= 0.3 is 5.97 Å². The van der Waals surface area contributed by atoms with E-state index in [0.29, 0.717) is 24.6 Å². The predicted octanol–water partition coefficient (Wildman–Crippen LogP) is 2.34. The van der Waals surface area contributed by atoms with Crippen molar-refractivity contribution < 1.29 is 18.3 Å². The fraction of sp³-hybridized carbons (Fsp3) is 0.533. The molecule has 0 aromatic heterocycles. The zero-order valence-corrected chi connectivity index (χ0v) is 13.0. The van der Waals surface area contributed by atoms with Crippen LogP contribution < -0.4 is 0 Å². The Morgan fingerprint density at radius 1 is 1.29 bits per heavy atom. The molecule has 5 nitrogen and oxygen atoms in total. The quantitative estimate of drug-likeness (QED) is 0.799. The van der Waals surface area contributed by atoms with Crippen LogP contribution in [0.15, 0.2) is 24.3 Å². The Morgan fingerprint density at radius 2 is 1.90 bits per heavy atom. The average Bonchev–Trinajstić information content (AvgIpc) is 3.22. The SMILES string of the molecule is CCCN(CC1CC1)S(=O)(=O)Cc1ccc(C(=O)O)cc1. The summed E-state index contributed by atoms with van der Waals surface area (Å²) in [6, 6.07) is 6.03. The maximum absolute atomic E-state index is 12.5. The predicted molar refractivity (Wildman–Crippen MR) is 80.6 cm³/mol. The smallest absolute Gasteiger partial charge is 0.335 e. The van der Waals surface area contributed by atoms with Crippen LogP contribution in [0.5, 0.6) is 0 Å². The molecular formula is C15H21NO4S. The summed E-state index contributed by atoms with van der Waals surface area (Å²) in [6.45, 7) is 3.13. The number of rotatable bonds is 8. The van der Waals surface area contributed by atoms with Gasteiger partial charge in [0.05, 0.1) is 11.3 Å². The second-order valence-corrected chi connectivity index (χ2v) is 7.53. The van der Waals surface area contributed by atoms with Gasteiger partial charge in [-0.05, 0) is 42.9 Å². The van der Waals surface area contributed by atoms with E-state index in [4.69, 9.17) is 5.11 Å². The first-order valence-corrected chi connectivity index (χ1v) is 8.83. The first-order chi connectivity index (χ1) is 9.92. The van der Waals surface area contributed by atoms with Crippen molar-refractivity contribution in [1.82, 2.24) is 4.31 Å². The van der Waals surface area contributed by atoms with E-state index in [1.165, 1.54) is 12.1 Å². The molecule has 1 saturated carbocycles. The molecule has 1 N–H and O–H groups in total. The highest BCUT2D eigenvalue weighted by Crippen LogP contribution is 2.31. The molecule has 0 aliphatic heterocycles. The zero-order chi connectivity index (χ0) is 15.5. The van der Waals surface area contributed by atoms with Gasteiger partial charge < -0.3 is 5.11 Å². The highest BCUT2D eigenvalue weighted by molar-refractivity contribution is 7.88. The Bertz CT molecular complexity index is 591. The molecule has 6 heteroatoms. The van der Waals surface area contributed by atoms with Gasteiger partial charge in [-0.3, -0.25) is 0 Å². The van der Waals surface area contributed by atoms with Crippen molar-refractivity contribution in [2.24, 2.45) is 5.92 Å². The highest BCUT2D eigenvalue weighted by atomic mass is 32.2. The summed E-state index contributed by atoms with van der Waals surface area (Å²) in [5, 5.41) is 8.85. The minimum Gasteiger partial charge on any atom is -0.478 e. The summed E-state index contributed by atoms with van der Waals surface area (Å²) < 4.78 is 26.5. The maximum atomic E-state index is 12.5. The molecule has 0 atom stereocenters. The van der Waals surface area contributed by atoms with Crippen LogP contribution >= 0.6 is 0 Å². The molecule has 0 bridgehead atoms. The molecule has 0 spiro atoms. The number of carboxylic acids is 1. The third kappa shape index (κ3) is 4.54. The molecule has 0 heterocycles. The molecule has 1 aromatic carbocycles. The van der Waals surface area contributed by atoms with Gasteiger partial charge in [0.1, 0.15) is 0 Å². The number of carbonyl (C=O) groups is 1. The third-order valence-electron chi connectivity index (χ3n) is 3.58. The Labute approximate surface area is 125 Å². The van der Waals surface area contributed by atoms with Gasteiger partial charge in [0.15, 0.2) is 0 Å². The number of carboxylic acid groups (broad SMARTS) is 1. The van der Waals surface area contributed by atoms with Crippen molar-refractivity contribution in [3.63, 3.8) is 0 Å². The fourth-order valence-corrected chi connectivity index (χ4v) is 3.92. The molecular weight excluding hydrogens is 290 g/mol. The van der Waals surface area contributed by atoms with Crippen LogP contribution in [0.25, 0.3) is 0 Å². The number of hydrogen-bond donors (Lipinski definition) is 1. The molecule has 1 aliphatic rings. The number of nitrogens with zero attached hydrogens (tertiary/aromatic N) is 1. The maximum Gasteiger partial charge on any atom is 0.335 e. The van der Waals surface area contributed by atoms with Crippen molar-refractivity contribution in [2.45, 2.75) is 31.9 Å². The van der Waals surface area contributed by atoms with E-state index in [9.17, 15) is 13.2 Å². The van der Waals surface area contributed by atoms with Gasteiger partial charge in [-0.25, -0.2) is 17.5 Å². The standard InChI is InChI=1S/C15H21NO4S/c1-2-9-16(10-12-3-4-12)21(19,20)11-13-5-7-14(8-6-13)15(17)18/h5-8,12H,2-4,9-11H2,1H3,(H,17,18).